The number of fused-ring (bicyclic) bond motifs is 1. The van der Waals surface area contributed by atoms with Gasteiger partial charge in [-0.2, -0.15) is 0 Å². The van der Waals surface area contributed by atoms with Gasteiger partial charge in [-0.15, -0.1) is 5.10 Å². The predicted molar refractivity (Wildman–Crippen MR) is 105 cm³/mol. The Morgan fingerprint density at radius 3 is 2.52 bits per heavy atom. The molecule has 0 spiro atoms. The van der Waals surface area contributed by atoms with E-state index in [0.29, 0.717) is 12.0 Å². The highest BCUT2D eigenvalue weighted by molar-refractivity contribution is 5.27. The van der Waals surface area contributed by atoms with Gasteiger partial charge in [-0.25, -0.2) is 4.68 Å². The molecule has 0 aliphatic carbocycles. The Labute approximate surface area is 161 Å². The normalized spacial score (nSPS) is 17.7. The van der Waals surface area contributed by atoms with Crippen LogP contribution in [0.1, 0.15) is 42.4 Å². The summed E-state index contributed by atoms with van der Waals surface area (Å²) in [5.74, 6) is 1.50. The summed E-state index contributed by atoms with van der Waals surface area (Å²) in [6, 6.07) is 19.7. The van der Waals surface area contributed by atoms with Crippen LogP contribution in [-0.4, -0.2) is 26.8 Å². The standard InChI is InChI=1S/C22H27N5/c1-17(2)21(26-14-13-19-10-6-7-11-20(19)16-26)22-23-24-25-27(22)15-12-18-8-4-3-5-9-18/h3-11,17,21H,12-16H2,1-2H3/p+1/t21-/m1/s1. The van der Waals surface area contributed by atoms with Crippen molar-refractivity contribution >= 4 is 0 Å². The molecule has 0 bridgehead atoms. The summed E-state index contributed by atoms with van der Waals surface area (Å²) in [5.41, 5.74) is 4.28. The largest absolute Gasteiger partial charge is 0.322 e. The van der Waals surface area contributed by atoms with Gasteiger partial charge in [-0.05, 0) is 28.0 Å². The number of tetrazole rings is 1. The van der Waals surface area contributed by atoms with Crippen molar-refractivity contribution in [1.29, 1.82) is 0 Å². The van der Waals surface area contributed by atoms with Gasteiger partial charge < -0.3 is 4.90 Å². The molecule has 0 fully saturated rings. The zero-order valence-corrected chi connectivity index (χ0v) is 16.2. The first kappa shape index (κ1) is 17.9. The molecule has 1 N–H and O–H groups in total. The van der Waals surface area contributed by atoms with E-state index in [2.05, 4.69) is 84.0 Å². The van der Waals surface area contributed by atoms with Gasteiger partial charge in [0.15, 0.2) is 6.04 Å². The van der Waals surface area contributed by atoms with Crippen LogP contribution >= 0.6 is 0 Å². The highest BCUT2D eigenvalue weighted by Crippen LogP contribution is 2.19. The monoisotopic (exact) mass is 362 g/mol. The number of rotatable bonds is 6. The summed E-state index contributed by atoms with van der Waals surface area (Å²) in [4.78, 5) is 1.57. The van der Waals surface area contributed by atoms with Gasteiger partial charge in [0.2, 0.25) is 5.82 Å². The first-order chi connectivity index (χ1) is 13.2. The van der Waals surface area contributed by atoms with E-state index in [0.717, 1.165) is 38.3 Å². The fourth-order valence-corrected chi connectivity index (χ4v) is 4.29. The Balaban J connectivity index is 1.54. The lowest BCUT2D eigenvalue weighted by Gasteiger charge is -2.34. The summed E-state index contributed by atoms with van der Waals surface area (Å²) in [6.45, 7) is 7.57. The lowest BCUT2D eigenvalue weighted by Crippen LogP contribution is -3.12. The smallest absolute Gasteiger partial charge is 0.209 e. The molecule has 1 unspecified atom stereocenters. The Hall–Kier alpha value is -2.53. The number of hydrogen-bond acceptors (Lipinski definition) is 3. The number of nitrogens with zero attached hydrogens (tertiary/aromatic N) is 4. The molecule has 2 atom stereocenters. The summed E-state index contributed by atoms with van der Waals surface area (Å²) in [5, 5.41) is 12.8. The fraction of sp³-hybridized carbons (Fsp3) is 0.409. The van der Waals surface area contributed by atoms with E-state index in [1.807, 2.05) is 4.68 Å². The molecule has 1 aromatic heterocycles. The third kappa shape index (κ3) is 3.93. The van der Waals surface area contributed by atoms with Crippen molar-refractivity contribution < 1.29 is 4.90 Å². The van der Waals surface area contributed by atoms with Gasteiger partial charge in [0, 0.05) is 24.4 Å². The van der Waals surface area contributed by atoms with Crippen molar-refractivity contribution in [3.63, 3.8) is 0 Å². The van der Waals surface area contributed by atoms with Crippen LogP contribution in [0.15, 0.2) is 54.6 Å². The quantitative estimate of drug-likeness (QED) is 0.732. The van der Waals surface area contributed by atoms with E-state index in [4.69, 9.17) is 0 Å². The van der Waals surface area contributed by atoms with Gasteiger partial charge in [0.25, 0.3) is 0 Å². The SMILES string of the molecule is CC(C)[C@H](c1nnnn1CCc1ccccc1)[NH+]1CCc2ccccc2C1. The van der Waals surface area contributed by atoms with Gasteiger partial charge in [0.1, 0.15) is 6.54 Å². The van der Waals surface area contributed by atoms with Crippen LogP contribution in [0.2, 0.25) is 0 Å². The molecule has 5 nitrogen and oxygen atoms in total. The topological polar surface area (TPSA) is 48.0 Å². The molecule has 1 aliphatic heterocycles. The number of quaternary nitrogens is 1. The first-order valence-corrected chi connectivity index (χ1v) is 9.93. The minimum atomic E-state index is 0.309. The predicted octanol–water partition coefficient (Wildman–Crippen LogP) is 2.25. The van der Waals surface area contributed by atoms with Crippen LogP contribution in [0.25, 0.3) is 0 Å². The van der Waals surface area contributed by atoms with Gasteiger partial charge >= 0.3 is 0 Å². The van der Waals surface area contributed by atoms with Crippen LogP contribution in [-0.2, 0) is 25.9 Å². The Morgan fingerprint density at radius 2 is 1.74 bits per heavy atom. The molecule has 0 saturated heterocycles. The molecule has 0 saturated carbocycles. The van der Waals surface area contributed by atoms with E-state index >= 15 is 0 Å². The van der Waals surface area contributed by atoms with E-state index in [9.17, 15) is 0 Å². The molecular weight excluding hydrogens is 334 g/mol. The lowest BCUT2D eigenvalue weighted by molar-refractivity contribution is -0.951. The summed E-state index contributed by atoms with van der Waals surface area (Å²) >= 11 is 0. The molecule has 140 valence electrons. The van der Waals surface area contributed by atoms with E-state index < -0.39 is 0 Å². The van der Waals surface area contributed by atoms with E-state index in [1.165, 1.54) is 16.7 Å². The first-order valence-electron chi connectivity index (χ1n) is 9.93. The third-order valence-corrected chi connectivity index (χ3v) is 5.65. The second-order valence-electron chi connectivity index (χ2n) is 7.82. The van der Waals surface area contributed by atoms with Crippen molar-refractivity contribution in [3.05, 3.63) is 77.1 Å². The van der Waals surface area contributed by atoms with Crippen LogP contribution < -0.4 is 4.90 Å². The zero-order chi connectivity index (χ0) is 18.6. The van der Waals surface area contributed by atoms with Crippen LogP contribution in [0.3, 0.4) is 0 Å². The maximum absolute atomic E-state index is 4.46. The Kier molecular flexibility index (Phi) is 5.30. The molecule has 2 aromatic carbocycles. The summed E-state index contributed by atoms with van der Waals surface area (Å²) < 4.78 is 2.02. The zero-order valence-electron chi connectivity index (χ0n) is 16.2. The number of benzene rings is 2. The highest BCUT2D eigenvalue weighted by atomic mass is 15.5. The number of aromatic nitrogens is 4. The van der Waals surface area contributed by atoms with Crippen molar-refractivity contribution in [2.45, 2.75) is 45.8 Å². The average Bonchev–Trinajstić information content (AvgIpc) is 3.15. The summed E-state index contributed by atoms with van der Waals surface area (Å²) in [7, 11) is 0. The lowest BCUT2D eigenvalue weighted by atomic mass is 9.94. The second-order valence-corrected chi connectivity index (χ2v) is 7.82. The number of aryl methyl sites for hydroxylation is 2. The second kappa shape index (κ2) is 8.01. The van der Waals surface area contributed by atoms with Crippen molar-refractivity contribution in [3.8, 4) is 0 Å². The van der Waals surface area contributed by atoms with Gasteiger partial charge in [-0.1, -0.05) is 68.4 Å². The van der Waals surface area contributed by atoms with Gasteiger partial charge in [0.05, 0.1) is 6.54 Å². The molecule has 0 radical (unpaired) electrons. The molecule has 3 aromatic rings. The Morgan fingerprint density at radius 1 is 1.00 bits per heavy atom. The van der Waals surface area contributed by atoms with Gasteiger partial charge in [-0.3, -0.25) is 0 Å². The van der Waals surface area contributed by atoms with Crippen LogP contribution in [0.5, 0.6) is 0 Å². The Bertz CT molecular complexity index is 871. The molecular formula is C22H28N5+. The minimum absolute atomic E-state index is 0.309. The highest BCUT2D eigenvalue weighted by Gasteiger charge is 2.34. The molecule has 2 heterocycles. The number of hydrogen-bond donors (Lipinski definition) is 1. The fourth-order valence-electron chi connectivity index (χ4n) is 4.29. The maximum Gasteiger partial charge on any atom is 0.209 e. The minimum Gasteiger partial charge on any atom is -0.322 e. The van der Waals surface area contributed by atoms with Crippen molar-refractivity contribution in [1.82, 2.24) is 20.2 Å². The average molecular weight is 363 g/mol. The molecule has 1 aliphatic rings. The molecule has 4 rings (SSSR count). The molecule has 0 amide bonds. The third-order valence-electron chi connectivity index (χ3n) is 5.65. The maximum atomic E-state index is 4.46. The van der Waals surface area contributed by atoms with Crippen molar-refractivity contribution in [2.24, 2.45) is 5.92 Å². The number of nitrogens with one attached hydrogen (secondary N) is 1. The molecule has 5 heteroatoms. The van der Waals surface area contributed by atoms with E-state index in [1.54, 1.807) is 4.90 Å². The van der Waals surface area contributed by atoms with E-state index in [-0.39, 0.29) is 0 Å². The molecule has 27 heavy (non-hydrogen) atoms. The van der Waals surface area contributed by atoms with Crippen LogP contribution in [0.4, 0.5) is 0 Å². The van der Waals surface area contributed by atoms with Crippen LogP contribution in [0, 0.1) is 5.92 Å². The van der Waals surface area contributed by atoms with Crippen molar-refractivity contribution in [2.75, 3.05) is 6.54 Å². The summed E-state index contributed by atoms with van der Waals surface area (Å²) in [6.07, 6.45) is 2.07.